The van der Waals surface area contributed by atoms with E-state index in [1.807, 2.05) is 72.8 Å². The summed E-state index contributed by atoms with van der Waals surface area (Å²) in [6.07, 6.45) is 0.889. The molecule has 1 atom stereocenters. The largest absolute Gasteiger partial charge is 0.493 e. The van der Waals surface area contributed by atoms with E-state index in [0.717, 1.165) is 23.1 Å². The number of para-hydroxylation sites is 1. The first-order valence-corrected chi connectivity index (χ1v) is 11.2. The van der Waals surface area contributed by atoms with Crippen LogP contribution in [0.3, 0.4) is 0 Å². The third-order valence-electron chi connectivity index (χ3n) is 5.86. The molecule has 3 aromatic carbocycles. The Morgan fingerprint density at radius 2 is 1.71 bits per heavy atom. The molecule has 0 aromatic heterocycles. The summed E-state index contributed by atoms with van der Waals surface area (Å²) in [5.74, 6) is 1.08. The molecule has 3 aromatic rings. The van der Waals surface area contributed by atoms with Crippen molar-refractivity contribution in [1.82, 2.24) is 4.90 Å². The number of likely N-dealkylation sites (tertiary alicyclic amines) is 1. The third kappa shape index (κ3) is 5.14. The number of nitrogens with zero attached hydrogens (tertiary/aromatic N) is 1. The number of anilines is 1. The summed E-state index contributed by atoms with van der Waals surface area (Å²) in [6.45, 7) is 0.681. The molecule has 1 N–H and O–H groups in total. The molecule has 34 heavy (non-hydrogen) atoms. The third-order valence-corrected chi connectivity index (χ3v) is 5.86. The number of ether oxygens (including phenoxy) is 3. The minimum Gasteiger partial charge on any atom is -0.493 e. The molecule has 0 spiro atoms. The average molecular weight is 461 g/mol. The molecule has 176 valence electrons. The Balaban J connectivity index is 1.40. The summed E-state index contributed by atoms with van der Waals surface area (Å²) in [7, 11) is 3.21. The zero-order valence-electron chi connectivity index (χ0n) is 19.3. The quantitative estimate of drug-likeness (QED) is 0.530. The number of carbonyl (C=O) groups excluding carboxylic acids is 2. The highest BCUT2D eigenvalue weighted by Gasteiger charge is 2.35. The smallest absolute Gasteiger partial charge is 0.410 e. The lowest BCUT2D eigenvalue weighted by molar-refractivity contribution is -0.120. The number of amides is 2. The number of benzene rings is 3. The molecule has 1 heterocycles. The highest BCUT2D eigenvalue weighted by Crippen LogP contribution is 2.38. The molecule has 7 nitrogen and oxygen atoms in total. The Morgan fingerprint density at radius 1 is 0.941 bits per heavy atom. The van der Waals surface area contributed by atoms with Crippen molar-refractivity contribution in [3.63, 3.8) is 0 Å². The van der Waals surface area contributed by atoms with E-state index in [4.69, 9.17) is 14.2 Å². The monoisotopic (exact) mass is 460 g/mol. The van der Waals surface area contributed by atoms with Crippen molar-refractivity contribution >= 4 is 17.7 Å². The van der Waals surface area contributed by atoms with Crippen LogP contribution in [-0.4, -0.2) is 43.7 Å². The first-order chi connectivity index (χ1) is 16.6. The molecule has 1 saturated heterocycles. The highest BCUT2D eigenvalue weighted by atomic mass is 16.6. The summed E-state index contributed by atoms with van der Waals surface area (Å²) in [5, 5.41) is 2.93. The first-order valence-electron chi connectivity index (χ1n) is 11.2. The highest BCUT2D eigenvalue weighted by molar-refractivity contribution is 5.97. The lowest BCUT2D eigenvalue weighted by Gasteiger charge is -2.23. The Labute approximate surface area is 199 Å². The lowest BCUT2D eigenvalue weighted by Crippen LogP contribution is -2.43. The zero-order valence-corrected chi connectivity index (χ0v) is 19.3. The molecule has 0 saturated carbocycles. The van der Waals surface area contributed by atoms with Crippen LogP contribution in [0.25, 0.3) is 11.1 Å². The van der Waals surface area contributed by atoms with Gasteiger partial charge < -0.3 is 19.5 Å². The topological polar surface area (TPSA) is 77.1 Å². The Kier molecular flexibility index (Phi) is 7.32. The Morgan fingerprint density at radius 3 is 2.41 bits per heavy atom. The fraction of sp³-hybridized carbons (Fsp3) is 0.259. The summed E-state index contributed by atoms with van der Waals surface area (Å²) >= 11 is 0. The predicted octanol–water partition coefficient (Wildman–Crippen LogP) is 5.11. The van der Waals surface area contributed by atoms with Gasteiger partial charge in [0.2, 0.25) is 5.91 Å². The fourth-order valence-corrected chi connectivity index (χ4v) is 4.13. The molecule has 0 aliphatic carbocycles. The van der Waals surface area contributed by atoms with Crippen LogP contribution in [-0.2, 0) is 16.1 Å². The average Bonchev–Trinajstić information content (AvgIpc) is 3.38. The van der Waals surface area contributed by atoms with Crippen LogP contribution in [0.4, 0.5) is 10.5 Å². The van der Waals surface area contributed by atoms with Crippen LogP contribution in [0.1, 0.15) is 18.4 Å². The summed E-state index contributed by atoms with van der Waals surface area (Å²) in [6, 6.07) is 22.1. The maximum atomic E-state index is 12.9. The van der Waals surface area contributed by atoms with Crippen molar-refractivity contribution in [2.45, 2.75) is 25.5 Å². The van der Waals surface area contributed by atoms with Gasteiger partial charge in [0.15, 0.2) is 11.5 Å². The molecule has 7 heteroatoms. The zero-order chi connectivity index (χ0) is 23.9. The van der Waals surface area contributed by atoms with Crippen molar-refractivity contribution in [3.05, 3.63) is 78.4 Å². The first kappa shape index (κ1) is 23.2. The van der Waals surface area contributed by atoms with E-state index in [1.165, 1.54) is 4.90 Å². The van der Waals surface area contributed by atoms with Crippen LogP contribution >= 0.6 is 0 Å². The second-order valence-electron chi connectivity index (χ2n) is 8.00. The molecule has 1 fully saturated rings. The van der Waals surface area contributed by atoms with Crippen molar-refractivity contribution in [2.24, 2.45) is 0 Å². The van der Waals surface area contributed by atoms with E-state index in [0.29, 0.717) is 30.2 Å². The molecule has 2 amide bonds. The SMILES string of the molecule is COc1cccc(-c2ccc(NC(=O)[C@@H]3CCCN3C(=O)OCc3ccccc3)cc2)c1OC. The van der Waals surface area contributed by atoms with Gasteiger partial charge in [-0.3, -0.25) is 9.69 Å². The lowest BCUT2D eigenvalue weighted by atomic mass is 10.0. The number of rotatable bonds is 7. The number of hydrogen-bond donors (Lipinski definition) is 1. The number of methoxy groups -OCH3 is 2. The molecule has 1 aliphatic heterocycles. The molecule has 4 rings (SSSR count). The molecule has 0 unspecified atom stereocenters. The minimum atomic E-state index is -0.554. The van der Waals surface area contributed by atoms with Gasteiger partial charge >= 0.3 is 6.09 Å². The van der Waals surface area contributed by atoms with Gasteiger partial charge in [0.05, 0.1) is 14.2 Å². The van der Waals surface area contributed by atoms with Gasteiger partial charge in [-0.15, -0.1) is 0 Å². The van der Waals surface area contributed by atoms with E-state index in [2.05, 4.69) is 5.32 Å². The Bertz CT molecular complexity index is 1130. The van der Waals surface area contributed by atoms with Crippen LogP contribution in [0.2, 0.25) is 0 Å². The summed E-state index contributed by atoms with van der Waals surface area (Å²) < 4.78 is 16.3. The fourth-order valence-electron chi connectivity index (χ4n) is 4.13. The maximum Gasteiger partial charge on any atom is 0.410 e. The molecule has 0 radical (unpaired) electrons. The normalized spacial score (nSPS) is 15.0. The number of nitrogens with one attached hydrogen (secondary N) is 1. The second kappa shape index (κ2) is 10.7. The van der Waals surface area contributed by atoms with E-state index in [9.17, 15) is 9.59 Å². The van der Waals surface area contributed by atoms with Crippen LogP contribution in [0, 0.1) is 0 Å². The maximum absolute atomic E-state index is 12.9. The standard InChI is InChI=1S/C27H28N2O5/c1-32-24-12-6-10-22(25(24)33-2)20-13-15-21(16-14-20)28-26(30)23-11-7-17-29(23)27(31)34-18-19-8-4-3-5-9-19/h3-6,8-10,12-16,23H,7,11,17-18H2,1-2H3,(H,28,30)/t23-/m0/s1. The van der Waals surface area contributed by atoms with E-state index in [-0.39, 0.29) is 12.5 Å². The van der Waals surface area contributed by atoms with Crippen molar-refractivity contribution in [3.8, 4) is 22.6 Å². The number of carbonyl (C=O) groups is 2. The number of hydrogen-bond acceptors (Lipinski definition) is 5. The van der Waals surface area contributed by atoms with E-state index in [1.54, 1.807) is 14.2 Å². The van der Waals surface area contributed by atoms with Crippen molar-refractivity contribution in [1.29, 1.82) is 0 Å². The van der Waals surface area contributed by atoms with Gasteiger partial charge in [-0.2, -0.15) is 0 Å². The predicted molar refractivity (Wildman–Crippen MR) is 130 cm³/mol. The summed E-state index contributed by atoms with van der Waals surface area (Å²) in [4.78, 5) is 27.1. The van der Waals surface area contributed by atoms with Gasteiger partial charge in [-0.1, -0.05) is 54.6 Å². The molecule has 1 aliphatic rings. The molecule has 0 bridgehead atoms. The van der Waals surface area contributed by atoms with Crippen molar-refractivity contribution in [2.75, 3.05) is 26.1 Å². The van der Waals surface area contributed by atoms with Gasteiger partial charge in [0.25, 0.3) is 0 Å². The van der Waals surface area contributed by atoms with Gasteiger partial charge in [-0.25, -0.2) is 4.79 Å². The summed E-state index contributed by atoms with van der Waals surface area (Å²) in [5.41, 5.74) is 3.38. The van der Waals surface area contributed by atoms with Crippen molar-refractivity contribution < 1.29 is 23.8 Å². The van der Waals surface area contributed by atoms with E-state index < -0.39 is 12.1 Å². The Hall–Kier alpha value is -4.00. The molecular formula is C27H28N2O5. The van der Waals surface area contributed by atoms with Crippen LogP contribution in [0.5, 0.6) is 11.5 Å². The van der Waals surface area contributed by atoms with Gasteiger partial charge in [0.1, 0.15) is 12.6 Å². The van der Waals surface area contributed by atoms with Crippen LogP contribution in [0.15, 0.2) is 72.8 Å². The minimum absolute atomic E-state index is 0.180. The van der Waals surface area contributed by atoms with E-state index >= 15 is 0 Å². The second-order valence-corrected chi connectivity index (χ2v) is 8.00. The molecular weight excluding hydrogens is 432 g/mol. The van der Waals surface area contributed by atoms with Gasteiger partial charge in [0, 0.05) is 17.8 Å². The van der Waals surface area contributed by atoms with Crippen LogP contribution < -0.4 is 14.8 Å². The van der Waals surface area contributed by atoms with Gasteiger partial charge in [-0.05, 0) is 42.2 Å².